The zero-order valence-corrected chi connectivity index (χ0v) is 18.9. The van der Waals surface area contributed by atoms with Crippen LogP contribution in [0, 0.1) is 0 Å². The maximum absolute atomic E-state index is 15.1. The van der Waals surface area contributed by atoms with Crippen molar-refractivity contribution in [3.05, 3.63) is 59.2 Å². The van der Waals surface area contributed by atoms with Crippen molar-refractivity contribution < 1.29 is 32.2 Å². The van der Waals surface area contributed by atoms with Gasteiger partial charge in [-0.2, -0.15) is 8.78 Å². The van der Waals surface area contributed by atoms with E-state index in [-0.39, 0.29) is 35.4 Å². The van der Waals surface area contributed by atoms with Gasteiger partial charge in [-0.05, 0) is 56.3 Å². The number of aromatic nitrogens is 2. The third-order valence-corrected chi connectivity index (χ3v) is 6.02. The second-order valence-corrected chi connectivity index (χ2v) is 8.15. The second kappa shape index (κ2) is 8.33. The highest BCUT2D eigenvalue weighted by Crippen LogP contribution is 2.43. The van der Waals surface area contributed by atoms with Crippen molar-refractivity contribution in [2.45, 2.75) is 19.8 Å². The van der Waals surface area contributed by atoms with E-state index >= 15 is 8.78 Å². The Balaban J connectivity index is 1.88. The highest BCUT2D eigenvalue weighted by Gasteiger charge is 2.37. The lowest BCUT2D eigenvalue weighted by Crippen LogP contribution is -2.17. The van der Waals surface area contributed by atoms with E-state index in [1.54, 1.807) is 44.2 Å². The molecule has 0 aliphatic rings. The molecule has 2 aromatic heterocycles. The van der Waals surface area contributed by atoms with Gasteiger partial charge in [-0.3, -0.25) is 0 Å². The Morgan fingerprint density at radius 2 is 1.23 bits per heavy atom. The number of hydrogen-bond acceptors (Lipinski definition) is 4. The van der Waals surface area contributed by atoms with Crippen LogP contribution >= 0.6 is 0 Å². The lowest BCUT2D eigenvalue weighted by Gasteiger charge is -2.15. The van der Waals surface area contributed by atoms with E-state index in [0.717, 1.165) is 0 Å². The molecule has 0 fully saturated rings. The molecule has 0 aliphatic carbocycles. The van der Waals surface area contributed by atoms with Gasteiger partial charge in [-0.1, -0.05) is 0 Å². The van der Waals surface area contributed by atoms with Gasteiger partial charge in [-0.15, -0.1) is 0 Å². The standard InChI is InChI=1S/C26H21F3N2O4/c1-3-34-24(32)13-5-7-19-15(9-13)17-11-18-16-10-14(25(33)35-4-2)6-8-20(16)31-23(18)21(22(17)30-19)26(28,29)12-27/h5-11,30-31H,3-4,12H2,1-2H3. The molecule has 6 nitrogen and oxygen atoms in total. The van der Waals surface area contributed by atoms with E-state index in [0.29, 0.717) is 32.6 Å². The molecule has 0 spiro atoms. The molecular weight excluding hydrogens is 461 g/mol. The molecule has 0 amide bonds. The number of nitrogens with one attached hydrogen (secondary N) is 2. The van der Waals surface area contributed by atoms with Gasteiger partial charge < -0.3 is 19.4 Å². The fourth-order valence-electron chi connectivity index (χ4n) is 4.50. The van der Waals surface area contributed by atoms with Crippen LogP contribution in [0.3, 0.4) is 0 Å². The Labute approximate surface area is 197 Å². The predicted molar refractivity (Wildman–Crippen MR) is 127 cm³/mol. The molecule has 0 saturated heterocycles. The van der Waals surface area contributed by atoms with E-state index in [4.69, 9.17) is 9.47 Å². The third-order valence-electron chi connectivity index (χ3n) is 6.02. The van der Waals surface area contributed by atoms with Gasteiger partial charge >= 0.3 is 17.9 Å². The molecule has 35 heavy (non-hydrogen) atoms. The maximum Gasteiger partial charge on any atom is 0.338 e. The number of hydrogen-bond donors (Lipinski definition) is 2. The number of halogens is 3. The van der Waals surface area contributed by atoms with Gasteiger partial charge in [0.15, 0.2) is 6.67 Å². The van der Waals surface area contributed by atoms with Crippen molar-refractivity contribution in [2.24, 2.45) is 0 Å². The van der Waals surface area contributed by atoms with Crippen LogP contribution in [0.5, 0.6) is 0 Å². The van der Waals surface area contributed by atoms with Gasteiger partial charge in [0.05, 0.1) is 40.9 Å². The molecule has 0 aliphatic heterocycles. The SMILES string of the molecule is CCOC(=O)c1ccc2[nH]c3c(C(F)(F)CF)c4[nH]c5ccc(C(=O)OCC)cc5c4cc3c2c1. The molecule has 5 aromatic rings. The fraction of sp³-hybridized carbons (Fsp3) is 0.231. The van der Waals surface area contributed by atoms with Crippen LogP contribution < -0.4 is 0 Å². The fourth-order valence-corrected chi connectivity index (χ4v) is 4.50. The number of esters is 2. The van der Waals surface area contributed by atoms with Crippen molar-refractivity contribution in [3.63, 3.8) is 0 Å². The quantitative estimate of drug-likeness (QED) is 0.276. The summed E-state index contributed by atoms with van der Waals surface area (Å²) < 4.78 is 53.9. The van der Waals surface area contributed by atoms with Crippen LogP contribution in [0.1, 0.15) is 40.1 Å². The number of ether oxygens (including phenoxy) is 2. The molecule has 5 rings (SSSR count). The number of alkyl halides is 3. The number of H-pyrrole nitrogens is 2. The van der Waals surface area contributed by atoms with Crippen LogP contribution in [0.25, 0.3) is 43.6 Å². The summed E-state index contributed by atoms with van der Waals surface area (Å²) >= 11 is 0. The maximum atomic E-state index is 15.1. The smallest absolute Gasteiger partial charge is 0.338 e. The van der Waals surface area contributed by atoms with Crippen molar-refractivity contribution in [1.29, 1.82) is 0 Å². The van der Waals surface area contributed by atoms with Gasteiger partial charge in [0, 0.05) is 32.6 Å². The summed E-state index contributed by atoms with van der Waals surface area (Å²) in [7, 11) is 0. The highest BCUT2D eigenvalue weighted by molar-refractivity contribution is 6.20. The molecule has 0 unspecified atom stereocenters. The number of carbonyl (C=O) groups excluding carboxylic acids is 2. The molecule has 2 heterocycles. The lowest BCUT2D eigenvalue weighted by atomic mass is 9.99. The second-order valence-electron chi connectivity index (χ2n) is 8.15. The van der Waals surface area contributed by atoms with Crippen molar-refractivity contribution in [3.8, 4) is 0 Å². The van der Waals surface area contributed by atoms with Crippen molar-refractivity contribution in [1.82, 2.24) is 9.97 Å². The Morgan fingerprint density at radius 1 is 0.771 bits per heavy atom. The van der Waals surface area contributed by atoms with Crippen molar-refractivity contribution >= 4 is 55.6 Å². The van der Waals surface area contributed by atoms with Crippen LogP contribution in [0.15, 0.2) is 42.5 Å². The van der Waals surface area contributed by atoms with Crippen LogP contribution in [0.4, 0.5) is 13.2 Å². The number of carbonyl (C=O) groups is 2. The summed E-state index contributed by atoms with van der Waals surface area (Å²) in [6.45, 7) is 1.86. The molecule has 0 radical (unpaired) electrons. The average Bonchev–Trinajstić information content (AvgIpc) is 3.39. The highest BCUT2D eigenvalue weighted by atomic mass is 19.3. The Kier molecular flexibility index (Phi) is 5.42. The number of rotatable bonds is 6. The van der Waals surface area contributed by atoms with E-state index < -0.39 is 30.1 Å². The lowest BCUT2D eigenvalue weighted by molar-refractivity contribution is -0.0255. The Hall–Kier alpha value is -4.01. The van der Waals surface area contributed by atoms with E-state index in [2.05, 4.69) is 9.97 Å². The number of fused-ring (bicyclic) bond motifs is 6. The average molecular weight is 482 g/mol. The topological polar surface area (TPSA) is 84.2 Å². The number of benzene rings is 3. The first-order chi connectivity index (χ1) is 16.8. The van der Waals surface area contributed by atoms with Gasteiger partial charge in [0.25, 0.3) is 0 Å². The third kappa shape index (κ3) is 3.58. The number of aromatic amines is 2. The minimum atomic E-state index is -3.80. The molecule has 0 saturated carbocycles. The summed E-state index contributed by atoms with van der Waals surface area (Å²) in [6, 6.07) is 11.1. The monoisotopic (exact) mass is 482 g/mol. The molecule has 0 bridgehead atoms. The zero-order chi connectivity index (χ0) is 24.9. The predicted octanol–water partition coefficient (Wildman–Crippen LogP) is 6.37. The normalized spacial score (nSPS) is 12.1. The van der Waals surface area contributed by atoms with Crippen LogP contribution in [-0.2, 0) is 15.4 Å². The van der Waals surface area contributed by atoms with Crippen molar-refractivity contribution in [2.75, 3.05) is 19.9 Å². The first-order valence-corrected chi connectivity index (χ1v) is 11.1. The molecule has 2 N–H and O–H groups in total. The van der Waals surface area contributed by atoms with Gasteiger partial charge in [0.1, 0.15) is 0 Å². The van der Waals surface area contributed by atoms with Gasteiger partial charge in [-0.25, -0.2) is 14.0 Å². The van der Waals surface area contributed by atoms with Crippen LogP contribution in [-0.4, -0.2) is 41.8 Å². The summed E-state index contributed by atoms with van der Waals surface area (Å²) in [5.41, 5.74) is 1.16. The summed E-state index contributed by atoms with van der Waals surface area (Å²) in [4.78, 5) is 30.5. The Bertz CT molecular complexity index is 1520. The molecule has 3 aromatic carbocycles. The Morgan fingerprint density at radius 3 is 1.63 bits per heavy atom. The first kappa shape index (κ1) is 22.8. The summed E-state index contributed by atoms with van der Waals surface area (Å²) in [6.07, 6.45) is 0. The molecule has 9 heteroatoms. The molecular formula is C26H21F3N2O4. The van der Waals surface area contributed by atoms with Crippen LogP contribution in [0.2, 0.25) is 0 Å². The van der Waals surface area contributed by atoms with E-state index in [1.165, 1.54) is 12.1 Å². The summed E-state index contributed by atoms with van der Waals surface area (Å²) in [5, 5.41) is 1.81. The first-order valence-electron chi connectivity index (χ1n) is 11.1. The zero-order valence-electron chi connectivity index (χ0n) is 18.9. The van der Waals surface area contributed by atoms with Gasteiger partial charge in [0.2, 0.25) is 0 Å². The largest absolute Gasteiger partial charge is 0.462 e. The summed E-state index contributed by atoms with van der Waals surface area (Å²) in [5.74, 6) is -4.87. The minimum Gasteiger partial charge on any atom is -0.462 e. The van der Waals surface area contributed by atoms with E-state index in [9.17, 15) is 14.0 Å². The minimum absolute atomic E-state index is 0.0633. The molecule has 180 valence electrons. The molecule has 0 atom stereocenters. The van der Waals surface area contributed by atoms with E-state index in [1.807, 2.05) is 0 Å².